The van der Waals surface area contributed by atoms with E-state index >= 15 is 0 Å². The Balaban J connectivity index is 1.60. The van der Waals surface area contributed by atoms with Crippen LogP contribution in [0.1, 0.15) is 24.3 Å². The molecule has 10 heteroatoms. The molecule has 2 fully saturated rings. The number of fused-ring (bicyclic) bond motifs is 1. The van der Waals surface area contributed by atoms with Crippen LogP contribution in [0.4, 0.5) is 0 Å². The van der Waals surface area contributed by atoms with Gasteiger partial charge in [-0.15, -0.1) is 0 Å². The number of benzene rings is 2. The van der Waals surface area contributed by atoms with E-state index in [0.717, 1.165) is 17.4 Å². The van der Waals surface area contributed by atoms with Gasteiger partial charge in [0.15, 0.2) is 12.6 Å². The summed E-state index contributed by atoms with van der Waals surface area (Å²) in [7, 11) is -3.90. The summed E-state index contributed by atoms with van der Waals surface area (Å²) in [5, 5.41) is 2.73. The zero-order valence-electron chi connectivity index (χ0n) is 18.3. The zero-order valence-corrected chi connectivity index (χ0v) is 19.1. The van der Waals surface area contributed by atoms with Gasteiger partial charge in [-0.3, -0.25) is 8.98 Å². The minimum absolute atomic E-state index is 0.131. The number of carbonyl (C=O) groups is 1. The molecule has 178 valence electrons. The average Bonchev–Trinajstić information content (AvgIpc) is 2.79. The Morgan fingerprint density at radius 1 is 1.06 bits per heavy atom. The maximum absolute atomic E-state index is 12.1. The van der Waals surface area contributed by atoms with Gasteiger partial charge in [0.25, 0.3) is 10.1 Å². The van der Waals surface area contributed by atoms with Crippen LogP contribution in [0.15, 0.2) is 60.7 Å². The van der Waals surface area contributed by atoms with E-state index in [9.17, 15) is 13.2 Å². The summed E-state index contributed by atoms with van der Waals surface area (Å²) in [5.74, 6) is -0.385. The smallest absolute Gasteiger partial charge is 0.264 e. The second kappa shape index (κ2) is 10.3. The van der Waals surface area contributed by atoms with Crippen LogP contribution in [-0.2, 0) is 44.7 Å². The highest BCUT2D eigenvalue weighted by Crippen LogP contribution is 2.36. The van der Waals surface area contributed by atoms with E-state index in [4.69, 9.17) is 23.1 Å². The van der Waals surface area contributed by atoms with Crippen LogP contribution in [0.2, 0.25) is 0 Å². The molecule has 6 atom stereocenters. The van der Waals surface area contributed by atoms with Crippen molar-refractivity contribution in [2.24, 2.45) is 0 Å². The van der Waals surface area contributed by atoms with Crippen LogP contribution >= 0.6 is 0 Å². The second-order valence-electron chi connectivity index (χ2n) is 8.01. The maximum Gasteiger partial charge on any atom is 0.264 e. The molecule has 1 amide bonds. The lowest BCUT2D eigenvalue weighted by Gasteiger charge is -2.48. The third-order valence-corrected chi connectivity index (χ3v) is 5.90. The topological polar surface area (TPSA) is 109 Å². The van der Waals surface area contributed by atoms with Gasteiger partial charge in [0, 0.05) is 12.5 Å². The van der Waals surface area contributed by atoms with Crippen LogP contribution in [0.25, 0.3) is 0 Å². The summed E-state index contributed by atoms with van der Waals surface area (Å²) in [6.07, 6.45) is -3.34. The number of hydrogen-bond donors (Lipinski definition) is 1. The fourth-order valence-electron chi connectivity index (χ4n) is 3.95. The van der Waals surface area contributed by atoms with Crippen molar-refractivity contribution in [1.29, 1.82) is 0 Å². The number of amides is 1. The van der Waals surface area contributed by atoms with Gasteiger partial charge in [-0.2, -0.15) is 8.42 Å². The molecule has 2 saturated heterocycles. The van der Waals surface area contributed by atoms with Crippen LogP contribution in [-0.4, -0.2) is 57.8 Å². The number of hydrogen-bond acceptors (Lipinski definition) is 8. The molecule has 33 heavy (non-hydrogen) atoms. The zero-order chi connectivity index (χ0) is 23.4. The SMILES string of the molecule is CC(=O)N[C@H]1[C@@H](OCc2ccccc2)O[C@@H]2CO[C@@H](c3ccccc3)O[C@H]2[C@H]1OS(C)(=O)=O. The highest BCUT2D eigenvalue weighted by atomic mass is 32.2. The Hall–Kier alpha value is -2.34. The summed E-state index contributed by atoms with van der Waals surface area (Å²) in [6, 6.07) is 17.8. The Bertz CT molecular complexity index is 1030. The first-order chi connectivity index (χ1) is 15.8. The molecule has 4 rings (SSSR count). The second-order valence-corrected chi connectivity index (χ2v) is 9.61. The molecular weight excluding hydrogens is 450 g/mol. The van der Waals surface area contributed by atoms with Crippen molar-refractivity contribution in [2.45, 2.75) is 50.5 Å². The molecule has 0 unspecified atom stereocenters. The molecule has 2 aromatic carbocycles. The van der Waals surface area contributed by atoms with Gasteiger partial charge >= 0.3 is 0 Å². The molecule has 0 aromatic heterocycles. The summed E-state index contributed by atoms with van der Waals surface area (Å²) in [6.45, 7) is 1.65. The lowest BCUT2D eigenvalue weighted by Crippen LogP contribution is -2.67. The van der Waals surface area contributed by atoms with Crippen molar-refractivity contribution in [2.75, 3.05) is 12.9 Å². The molecule has 0 radical (unpaired) electrons. The maximum atomic E-state index is 12.1. The van der Waals surface area contributed by atoms with Crippen LogP contribution in [0, 0.1) is 0 Å². The van der Waals surface area contributed by atoms with Crippen LogP contribution in [0.5, 0.6) is 0 Å². The van der Waals surface area contributed by atoms with Crippen molar-refractivity contribution in [3.63, 3.8) is 0 Å². The fourth-order valence-corrected chi connectivity index (χ4v) is 4.58. The minimum atomic E-state index is -3.90. The van der Waals surface area contributed by atoms with E-state index in [-0.39, 0.29) is 19.1 Å². The van der Waals surface area contributed by atoms with E-state index in [0.29, 0.717) is 0 Å². The summed E-state index contributed by atoms with van der Waals surface area (Å²) >= 11 is 0. The Labute approximate surface area is 193 Å². The molecule has 0 saturated carbocycles. The highest BCUT2D eigenvalue weighted by molar-refractivity contribution is 7.86. The minimum Gasteiger partial charge on any atom is -0.346 e. The molecular formula is C23H27NO8S. The lowest BCUT2D eigenvalue weighted by atomic mass is 9.95. The molecule has 0 spiro atoms. The monoisotopic (exact) mass is 477 g/mol. The summed E-state index contributed by atoms with van der Waals surface area (Å²) in [4.78, 5) is 12.0. The number of nitrogens with one attached hydrogen (secondary N) is 1. The third-order valence-electron chi connectivity index (χ3n) is 5.32. The van der Waals surface area contributed by atoms with Gasteiger partial charge in [-0.05, 0) is 5.56 Å². The first kappa shape index (κ1) is 23.8. The van der Waals surface area contributed by atoms with Crippen LogP contribution in [0.3, 0.4) is 0 Å². The molecule has 2 aliphatic heterocycles. The third kappa shape index (κ3) is 6.17. The van der Waals surface area contributed by atoms with E-state index in [1.807, 2.05) is 60.7 Å². The lowest BCUT2D eigenvalue weighted by molar-refractivity contribution is -0.342. The highest BCUT2D eigenvalue weighted by Gasteiger charge is 2.52. The molecule has 2 aliphatic rings. The quantitative estimate of drug-likeness (QED) is 0.602. The number of ether oxygens (including phenoxy) is 4. The van der Waals surface area contributed by atoms with Gasteiger partial charge in [0.05, 0.1) is 19.5 Å². The molecule has 9 nitrogen and oxygen atoms in total. The van der Waals surface area contributed by atoms with Crippen molar-refractivity contribution < 1.29 is 36.3 Å². The van der Waals surface area contributed by atoms with Gasteiger partial charge in [0.1, 0.15) is 24.4 Å². The summed E-state index contributed by atoms with van der Waals surface area (Å²) in [5.41, 5.74) is 1.67. The predicted octanol–water partition coefficient (Wildman–Crippen LogP) is 1.89. The van der Waals surface area contributed by atoms with Gasteiger partial charge in [-0.1, -0.05) is 60.7 Å². The molecule has 2 aromatic rings. The number of rotatable bonds is 7. The first-order valence-corrected chi connectivity index (χ1v) is 12.4. The Kier molecular flexibility index (Phi) is 7.42. The van der Waals surface area contributed by atoms with Crippen molar-refractivity contribution in [1.82, 2.24) is 5.32 Å². The van der Waals surface area contributed by atoms with E-state index in [1.165, 1.54) is 6.92 Å². The van der Waals surface area contributed by atoms with Gasteiger partial charge in [0.2, 0.25) is 5.91 Å². The first-order valence-electron chi connectivity index (χ1n) is 10.6. The Morgan fingerprint density at radius 3 is 2.36 bits per heavy atom. The predicted molar refractivity (Wildman–Crippen MR) is 117 cm³/mol. The normalized spacial score (nSPS) is 29.8. The van der Waals surface area contributed by atoms with E-state index in [1.54, 1.807) is 0 Å². The van der Waals surface area contributed by atoms with Crippen molar-refractivity contribution in [3.8, 4) is 0 Å². The van der Waals surface area contributed by atoms with Crippen molar-refractivity contribution in [3.05, 3.63) is 71.8 Å². The largest absolute Gasteiger partial charge is 0.346 e. The number of carbonyl (C=O) groups excluding carboxylic acids is 1. The van der Waals surface area contributed by atoms with Gasteiger partial charge < -0.3 is 24.3 Å². The van der Waals surface area contributed by atoms with Crippen molar-refractivity contribution >= 4 is 16.0 Å². The molecule has 1 N–H and O–H groups in total. The fraction of sp³-hybridized carbons (Fsp3) is 0.435. The molecule has 0 aliphatic carbocycles. The van der Waals surface area contributed by atoms with Crippen LogP contribution < -0.4 is 5.32 Å². The standard InChI is InChI=1S/C23H27NO8S/c1-15(25)24-19-21(32-33(2,26)27)20-18(14-29-22(31-20)17-11-7-4-8-12-17)30-23(19)28-13-16-9-5-3-6-10-16/h3-12,18-23H,13-14H2,1-2H3,(H,24,25)/t18-,19-,20-,21+,22-,23+/m1/s1. The van der Waals surface area contributed by atoms with Gasteiger partial charge in [-0.25, -0.2) is 0 Å². The molecule has 2 heterocycles. The van der Waals surface area contributed by atoms with E-state index < -0.39 is 47.1 Å². The molecule has 0 bridgehead atoms. The average molecular weight is 478 g/mol. The van der Waals surface area contributed by atoms with E-state index in [2.05, 4.69) is 5.32 Å². The Morgan fingerprint density at radius 2 is 1.73 bits per heavy atom. The summed E-state index contributed by atoms with van der Waals surface area (Å²) < 4.78 is 53.7.